The Hall–Kier alpha value is -3.39. The molecule has 1 saturated heterocycles. The minimum Gasteiger partial charge on any atom is -0.369 e. The van der Waals surface area contributed by atoms with Crippen molar-refractivity contribution in [3.8, 4) is 0 Å². The van der Waals surface area contributed by atoms with Gasteiger partial charge in [-0.25, -0.2) is 0 Å². The Bertz CT molecular complexity index is 1300. The van der Waals surface area contributed by atoms with Gasteiger partial charge >= 0.3 is 11.1 Å². The number of aryl methyl sites for hydroxylation is 1. The number of H-pyrrole nitrogens is 1. The lowest BCUT2D eigenvalue weighted by atomic mass is 10.1. The van der Waals surface area contributed by atoms with Crippen LogP contribution in [0, 0.1) is 5.92 Å². The molecule has 2 aliphatic rings. The number of nitrogens with zero attached hydrogens (tertiary/aromatic N) is 3. The zero-order chi connectivity index (χ0) is 22.9. The summed E-state index contributed by atoms with van der Waals surface area (Å²) in [6.45, 7) is 7.54. The molecule has 0 radical (unpaired) electrons. The van der Waals surface area contributed by atoms with Crippen LogP contribution < -0.4 is 21.3 Å². The fourth-order valence-electron chi connectivity index (χ4n) is 4.57. The summed E-state index contributed by atoms with van der Waals surface area (Å²) in [6.07, 6.45) is 2.76. The summed E-state index contributed by atoms with van der Waals surface area (Å²) in [6, 6.07) is 12.9. The largest absolute Gasteiger partial charge is 0.369 e. The van der Waals surface area contributed by atoms with Gasteiger partial charge in [0.05, 0.1) is 11.0 Å². The van der Waals surface area contributed by atoms with Crippen LogP contribution in [0.5, 0.6) is 0 Å². The van der Waals surface area contributed by atoms with Crippen LogP contribution in [0.15, 0.2) is 52.1 Å². The number of amides is 1. The smallest absolute Gasteiger partial charge is 0.316 e. The lowest BCUT2D eigenvalue weighted by Crippen LogP contribution is -2.47. The second-order valence-electron chi connectivity index (χ2n) is 8.97. The van der Waals surface area contributed by atoms with Crippen molar-refractivity contribution in [2.45, 2.75) is 26.3 Å². The summed E-state index contributed by atoms with van der Waals surface area (Å²) < 4.78 is 1.41. The fraction of sp³-hybridized carbons (Fsp3) is 0.400. The highest BCUT2D eigenvalue weighted by atomic mass is 16.2. The summed E-state index contributed by atoms with van der Waals surface area (Å²) in [5.41, 5.74) is 2.03. The normalized spacial score (nSPS) is 16.8. The first-order valence-electron chi connectivity index (χ1n) is 11.7. The summed E-state index contributed by atoms with van der Waals surface area (Å²) in [4.78, 5) is 44.4. The average Bonchev–Trinajstić information content (AvgIpc) is 3.64. The predicted molar refractivity (Wildman–Crippen MR) is 130 cm³/mol. The summed E-state index contributed by atoms with van der Waals surface area (Å²) in [5.74, 6) is 0.649. The number of piperazine rings is 1. The molecule has 2 heterocycles. The van der Waals surface area contributed by atoms with Crippen LogP contribution in [0.2, 0.25) is 0 Å². The number of aromatic amines is 1. The summed E-state index contributed by atoms with van der Waals surface area (Å²) in [7, 11) is 0. The van der Waals surface area contributed by atoms with Gasteiger partial charge in [-0.15, -0.1) is 0 Å². The molecule has 0 unspecified atom stereocenters. The lowest BCUT2D eigenvalue weighted by molar-refractivity contribution is 0.102. The van der Waals surface area contributed by atoms with Gasteiger partial charge in [-0.05, 0) is 62.1 Å². The van der Waals surface area contributed by atoms with E-state index in [2.05, 4.69) is 26.2 Å². The van der Waals surface area contributed by atoms with Crippen LogP contribution in [-0.4, -0.2) is 53.1 Å². The molecule has 2 N–H and O–H groups in total. The van der Waals surface area contributed by atoms with Crippen molar-refractivity contribution < 1.29 is 4.79 Å². The maximum Gasteiger partial charge on any atom is 0.316 e. The van der Waals surface area contributed by atoms with Crippen LogP contribution in [-0.2, 0) is 6.54 Å². The number of anilines is 2. The Labute approximate surface area is 191 Å². The monoisotopic (exact) mass is 447 g/mol. The van der Waals surface area contributed by atoms with E-state index in [0.717, 1.165) is 43.5 Å². The van der Waals surface area contributed by atoms with Gasteiger partial charge in [-0.3, -0.25) is 19.3 Å². The number of benzene rings is 2. The number of carbonyl (C=O) groups excluding carboxylic acids is 1. The lowest BCUT2D eigenvalue weighted by Gasteiger charge is -2.36. The van der Waals surface area contributed by atoms with Crippen LogP contribution >= 0.6 is 0 Å². The van der Waals surface area contributed by atoms with Crippen molar-refractivity contribution in [3.63, 3.8) is 0 Å². The second kappa shape index (κ2) is 8.86. The third-order valence-corrected chi connectivity index (χ3v) is 6.61. The molecule has 0 atom stereocenters. The van der Waals surface area contributed by atoms with Crippen molar-refractivity contribution in [3.05, 3.63) is 68.7 Å². The SMILES string of the molecule is CCn1c(=O)c(=O)[nH]c2cc(C(=O)Nc3cccc(N4CCN(CC5CC5)CC4)c3)ccc21. The topological polar surface area (TPSA) is 90.4 Å². The van der Waals surface area contributed by atoms with E-state index in [1.54, 1.807) is 25.1 Å². The predicted octanol–water partition coefficient (Wildman–Crippen LogP) is 2.49. The molecule has 1 aromatic heterocycles. The van der Waals surface area contributed by atoms with Crippen LogP contribution in [0.1, 0.15) is 30.1 Å². The van der Waals surface area contributed by atoms with Crippen molar-refractivity contribution in [2.24, 2.45) is 5.92 Å². The van der Waals surface area contributed by atoms with E-state index in [9.17, 15) is 14.4 Å². The molecule has 8 heteroatoms. The molecule has 0 bridgehead atoms. The van der Waals surface area contributed by atoms with E-state index in [1.807, 2.05) is 18.2 Å². The van der Waals surface area contributed by atoms with E-state index >= 15 is 0 Å². The standard InChI is InChI=1S/C25H29N5O3/c1-2-30-22-9-8-18(14-21(22)27-24(32)25(30)33)23(31)26-19-4-3-5-20(15-19)29-12-10-28(11-13-29)16-17-6-7-17/h3-5,8-9,14-15,17H,2,6-7,10-13,16H2,1H3,(H,26,31)(H,27,32). The minimum atomic E-state index is -0.688. The third-order valence-electron chi connectivity index (χ3n) is 6.61. The zero-order valence-electron chi connectivity index (χ0n) is 18.8. The summed E-state index contributed by atoms with van der Waals surface area (Å²) >= 11 is 0. The molecule has 33 heavy (non-hydrogen) atoms. The van der Waals surface area contributed by atoms with E-state index in [0.29, 0.717) is 23.1 Å². The molecule has 1 aliphatic heterocycles. The van der Waals surface area contributed by atoms with Crippen molar-refractivity contribution >= 4 is 28.3 Å². The molecule has 1 amide bonds. The van der Waals surface area contributed by atoms with E-state index in [4.69, 9.17) is 0 Å². The van der Waals surface area contributed by atoms with Gasteiger partial charge in [0.1, 0.15) is 0 Å². The van der Waals surface area contributed by atoms with Crippen molar-refractivity contribution in [1.82, 2.24) is 14.5 Å². The number of hydrogen-bond acceptors (Lipinski definition) is 5. The summed E-state index contributed by atoms with van der Waals surface area (Å²) in [5, 5.41) is 2.96. The molecule has 1 aliphatic carbocycles. The molecule has 2 fully saturated rings. The molecule has 2 aromatic carbocycles. The number of nitrogens with one attached hydrogen (secondary N) is 2. The second-order valence-corrected chi connectivity index (χ2v) is 8.97. The van der Waals surface area contributed by atoms with E-state index < -0.39 is 11.1 Å². The van der Waals surface area contributed by atoms with E-state index in [1.165, 1.54) is 24.0 Å². The minimum absolute atomic E-state index is 0.265. The zero-order valence-corrected chi connectivity index (χ0v) is 18.8. The van der Waals surface area contributed by atoms with E-state index in [-0.39, 0.29) is 5.91 Å². The molecule has 8 nitrogen and oxygen atoms in total. The maximum atomic E-state index is 12.9. The first-order chi connectivity index (χ1) is 16.0. The van der Waals surface area contributed by atoms with Gasteiger partial charge in [0.15, 0.2) is 0 Å². The van der Waals surface area contributed by atoms with Gasteiger partial charge in [0.2, 0.25) is 0 Å². The average molecular weight is 448 g/mol. The van der Waals surface area contributed by atoms with Crippen molar-refractivity contribution in [1.29, 1.82) is 0 Å². The highest BCUT2D eigenvalue weighted by Gasteiger charge is 2.26. The number of rotatable bonds is 6. The Morgan fingerprint density at radius 3 is 2.58 bits per heavy atom. The first kappa shape index (κ1) is 21.5. The molecule has 5 rings (SSSR count). The van der Waals surface area contributed by atoms with Gasteiger partial charge in [0.25, 0.3) is 5.91 Å². The Morgan fingerprint density at radius 2 is 1.85 bits per heavy atom. The number of carbonyl (C=O) groups is 1. The highest BCUT2D eigenvalue weighted by Crippen LogP contribution is 2.30. The molecular weight excluding hydrogens is 418 g/mol. The fourth-order valence-corrected chi connectivity index (χ4v) is 4.57. The first-order valence-corrected chi connectivity index (χ1v) is 11.7. The van der Waals surface area contributed by atoms with Gasteiger partial charge in [-0.2, -0.15) is 0 Å². The molecule has 3 aromatic rings. The van der Waals surface area contributed by atoms with Gasteiger partial charge in [-0.1, -0.05) is 6.07 Å². The molecule has 0 spiro atoms. The number of hydrogen-bond donors (Lipinski definition) is 2. The molecule has 172 valence electrons. The van der Waals surface area contributed by atoms with Crippen molar-refractivity contribution in [2.75, 3.05) is 42.9 Å². The van der Waals surface area contributed by atoms with Gasteiger partial charge < -0.3 is 19.8 Å². The highest BCUT2D eigenvalue weighted by molar-refractivity contribution is 6.06. The van der Waals surface area contributed by atoms with Crippen LogP contribution in [0.3, 0.4) is 0 Å². The maximum absolute atomic E-state index is 12.9. The molecule has 1 saturated carbocycles. The Morgan fingerprint density at radius 1 is 1.06 bits per heavy atom. The molecular formula is C25H29N5O3. The number of aromatic nitrogens is 2. The Balaban J connectivity index is 1.30. The Kier molecular flexibility index (Phi) is 5.76. The van der Waals surface area contributed by atoms with Crippen LogP contribution in [0.4, 0.5) is 11.4 Å². The quantitative estimate of drug-likeness (QED) is 0.567. The number of fused-ring (bicyclic) bond motifs is 1. The van der Waals surface area contributed by atoms with Gasteiger partial charge in [0, 0.05) is 56.2 Å². The van der Waals surface area contributed by atoms with Crippen LogP contribution in [0.25, 0.3) is 11.0 Å². The third kappa shape index (κ3) is 4.57.